The first kappa shape index (κ1) is 23.5. The fourth-order valence-corrected chi connectivity index (χ4v) is 4.40. The predicted molar refractivity (Wildman–Crippen MR) is 118 cm³/mol. The molecule has 0 heterocycles. The third kappa shape index (κ3) is 5.77. The Labute approximate surface area is 187 Å². The molecule has 2 N–H and O–H groups in total. The van der Waals surface area contributed by atoms with E-state index in [0.717, 1.165) is 44.6 Å². The van der Waals surface area contributed by atoms with Crippen molar-refractivity contribution in [3.05, 3.63) is 34.1 Å². The summed E-state index contributed by atoms with van der Waals surface area (Å²) in [4.78, 5) is 27.4. The predicted octanol–water partition coefficient (Wildman–Crippen LogP) is 4.45. The van der Waals surface area contributed by atoms with Crippen LogP contribution >= 0.6 is 11.6 Å². The first-order chi connectivity index (χ1) is 14.9. The second kappa shape index (κ2) is 11.0. The van der Waals surface area contributed by atoms with Crippen LogP contribution in [0.2, 0.25) is 5.02 Å². The molecule has 0 atom stereocenters. The third-order valence-corrected chi connectivity index (χ3v) is 6.20. The van der Waals surface area contributed by atoms with E-state index in [1.165, 1.54) is 11.0 Å². The molecule has 3 rings (SSSR count). The van der Waals surface area contributed by atoms with Crippen molar-refractivity contribution >= 4 is 29.1 Å². The average Bonchev–Trinajstić information content (AvgIpc) is 3.28. The summed E-state index contributed by atoms with van der Waals surface area (Å²) >= 11 is 6.15. The van der Waals surface area contributed by atoms with Crippen molar-refractivity contribution in [2.75, 3.05) is 25.0 Å². The number of aliphatic hydroxyl groups excluding tert-OH is 1. The normalized spacial score (nSPS) is 17.0. The summed E-state index contributed by atoms with van der Waals surface area (Å²) in [5.41, 5.74) is 0.797. The van der Waals surface area contributed by atoms with Gasteiger partial charge in [-0.2, -0.15) is 0 Å². The van der Waals surface area contributed by atoms with E-state index in [9.17, 15) is 19.1 Å². The highest BCUT2D eigenvalue weighted by atomic mass is 35.5. The fourth-order valence-electron chi connectivity index (χ4n) is 4.21. The van der Waals surface area contributed by atoms with Crippen LogP contribution in [0.25, 0.3) is 0 Å². The van der Waals surface area contributed by atoms with Crippen LogP contribution in [0.5, 0.6) is 5.75 Å². The van der Waals surface area contributed by atoms with E-state index < -0.39 is 11.7 Å². The lowest BCUT2D eigenvalue weighted by Crippen LogP contribution is -2.36. The maximum absolute atomic E-state index is 14.5. The molecule has 0 radical (unpaired) electrons. The van der Waals surface area contributed by atoms with Gasteiger partial charge in [-0.25, -0.2) is 4.39 Å². The molecule has 0 saturated heterocycles. The summed E-state index contributed by atoms with van der Waals surface area (Å²) in [6.45, 7) is 2.33. The van der Waals surface area contributed by atoms with Gasteiger partial charge in [0.1, 0.15) is 11.6 Å². The number of nitrogens with one attached hydrogen (secondary N) is 1. The molecule has 0 aromatic heterocycles. The molecule has 170 valence electrons. The number of hydrogen-bond acceptors (Lipinski definition) is 4. The first-order valence-corrected chi connectivity index (χ1v) is 11.4. The average molecular weight is 453 g/mol. The minimum absolute atomic E-state index is 0.0185. The highest BCUT2D eigenvalue weighted by Crippen LogP contribution is 2.35. The monoisotopic (exact) mass is 452 g/mol. The van der Waals surface area contributed by atoms with Crippen molar-refractivity contribution < 1.29 is 23.8 Å². The van der Waals surface area contributed by atoms with Gasteiger partial charge in [-0.15, -0.1) is 0 Å². The summed E-state index contributed by atoms with van der Waals surface area (Å²) in [6, 6.07) is 2.56. The molecule has 2 amide bonds. The minimum atomic E-state index is -0.656. The number of aliphatic hydroxyl groups is 1. The second-order valence-corrected chi connectivity index (χ2v) is 8.42. The van der Waals surface area contributed by atoms with Crippen molar-refractivity contribution in [1.82, 2.24) is 4.90 Å². The lowest BCUT2D eigenvalue weighted by atomic mass is 9.90. The summed E-state index contributed by atoms with van der Waals surface area (Å²) < 4.78 is 20.5. The Bertz CT molecular complexity index is 852. The molecule has 2 aliphatic rings. The highest BCUT2D eigenvalue weighted by molar-refractivity contribution is 6.32. The van der Waals surface area contributed by atoms with Gasteiger partial charge in [0.2, 0.25) is 5.91 Å². The number of anilines is 1. The third-order valence-electron chi connectivity index (χ3n) is 5.90. The van der Waals surface area contributed by atoms with Crippen LogP contribution in [0.1, 0.15) is 58.3 Å². The smallest absolute Gasteiger partial charge is 0.252 e. The SMILES string of the molecule is CCN(CCO)C(=O)C1=C(C(=O)Nc2cc(OC3CCCC3)c(Cl)cc2F)CCCC1. The van der Waals surface area contributed by atoms with E-state index >= 15 is 0 Å². The summed E-state index contributed by atoms with van der Waals surface area (Å²) in [5, 5.41) is 12.0. The van der Waals surface area contributed by atoms with Gasteiger partial charge in [-0.05, 0) is 64.4 Å². The van der Waals surface area contributed by atoms with Gasteiger partial charge in [0.05, 0.1) is 23.4 Å². The molecule has 0 bridgehead atoms. The Hall–Kier alpha value is -2.12. The van der Waals surface area contributed by atoms with Gasteiger partial charge in [0.25, 0.3) is 5.91 Å². The molecule has 2 aliphatic carbocycles. The standard InChI is InChI=1S/C23H30ClFN2O4/c1-2-27(11-12-28)23(30)17-10-6-5-9-16(17)22(29)26-20-14-21(18(24)13-19(20)25)31-15-7-3-4-8-15/h13-15,28H,2-12H2,1H3,(H,26,29). The number of halogens is 2. The Kier molecular flexibility index (Phi) is 8.32. The van der Waals surface area contributed by atoms with Crippen LogP contribution in [0.15, 0.2) is 23.3 Å². The molecular formula is C23H30ClFN2O4. The number of amides is 2. The van der Waals surface area contributed by atoms with E-state index in [4.69, 9.17) is 16.3 Å². The number of nitrogens with zero attached hydrogens (tertiary/aromatic N) is 1. The quantitative estimate of drug-likeness (QED) is 0.610. The van der Waals surface area contributed by atoms with Gasteiger partial charge >= 0.3 is 0 Å². The van der Waals surface area contributed by atoms with Gasteiger partial charge < -0.3 is 20.1 Å². The Morgan fingerprint density at radius 1 is 1.19 bits per heavy atom. The number of carbonyl (C=O) groups excluding carboxylic acids is 2. The summed E-state index contributed by atoms with van der Waals surface area (Å²) in [6.07, 6.45) is 6.60. The number of carbonyl (C=O) groups is 2. The molecule has 6 nitrogen and oxygen atoms in total. The van der Waals surface area contributed by atoms with Gasteiger partial charge in [-0.3, -0.25) is 9.59 Å². The van der Waals surface area contributed by atoms with Crippen molar-refractivity contribution in [1.29, 1.82) is 0 Å². The maximum Gasteiger partial charge on any atom is 0.252 e. The van der Waals surface area contributed by atoms with Crippen LogP contribution in [-0.2, 0) is 9.59 Å². The second-order valence-electron chi connectivity index (χ2n) is 8.01. The van der Waals surface area contributed by atoms with Gasteiger partial charge in [0.15, 0.2) is 0 Å². The highest BCUT2D eigenvalue weighted by Gasteiger charge is 2.27. The van der Waals surface area contributed by atoms with E-state index in [-0.39, 0.29) is 35.9 Å². The number of ether oxygens (including phenoxy) is 1. The minimum Gasteiger partial charge on any atom is -0.489 e. The Balaban J connectivity index is 1.82. The molecule has 0 aliphatic heterocycles. The van der Waals surface area contributed by atoms with Crippen molar-refractivity contribution in [3.63, 3.8) is 0 Å². The molecule has 1 fully saturated rings. The number of rotatable bonds is 8. The lowest BCUT2D eigenvalue weighted by molar-refractivity contribution is -0.128. The van der Waals surface area contributed by atoms with E-state index in [2.05, 4.69) is 5.32 Å². The zero-order chi connectivity index (χ0) is 22.4. The fraction of sp³-hybridized carbons (Fsp3) is 0.565. The maximum atomic E-state index is 14.5. The first-order valence-electron chi connectivity index (χ1n) is 11.0. The van der Waals surface area contributed by atoms with E-state index in [1.807, 2.05) is 6.92 Å². The van der Waals surface area contributed by atoms with Crippen LogP contribution in [0, 0.1) is 5.82 Å². The van der Waals surface area contributed by atoms with Gasteiger partial charge in [-0.1, -0.05) is 11.6 Å². The van der Waals surface area contributed by atoms with E-state index in [1.54, 1.807) is 0 Å². The summed E-state index contributed by atoms with van der Waals surface area (Å²) in [5.74, 6) is -1.05. The van der Waals surface area contributed by atoms with Crippen LogP contribution in [0.4, 0.5) is 10.1 Å². The van der Waals surface area contributed by atoms with E-state index in [0.29, 0.717) is 36.3 Å². The molecule has 0 spiro atoms. The number of likely N-dealkylation sites (N-methyl/N-ethyl adjacent to an activating group) is 1. The Morgan fingerprint density at radius 3 is 2.52 bits per heavy atom. The topological polar surface area (TPSA) is 78.9 Å². The lowest BCUT2D eigenvalue weighted by Gasteiger charge is -2.25. The Morgan fingerprint density at radius 2 is 1.87 bits per heavy atom. The largest absolute Gasteiger partial charge is 0.489 e. The molecular weight excluding hydrogens is 423 g/mol. The molecule has 1 saturated carbocycles. The van der Waals surface area contributed by atoms with Crippen molar-refractivity contribution in [3.8, 4) is 5.75 Å². The van der Waals surface area contributed by atoms with Crippen LogP contribution in [-0.4, -0.2) is 47.6 Å². The molecule has 0 unspecified atom stereocenters. The van der Waals surface area contributed by atoms with Crippen molar-refractivity contribution in [2.45, 2.75) is 64.4 Å². The zero-order valence-corrected chi connectivity index (χ0v) is 18.6. The summed E-state index contributed by atoms with van der Waals surface area (Å²) in [7, 11) is 0. The molecule has 31 heavy (non-hydrogen) atoms. The van der Waals surface area contributed by atoms with Crippen LogP contribution < -0.4 is 10.1 Å². The van der Waals surface area contributed by atoms with Crippen molar-refractivity contribution in [2.24, 2.45) is 0 Å². The zero-order valence-electron chi connectivity index (χ0n) is 17.9. The van der Waals surface area contributed by atoms with Crippen LogP contribution in [0.3, 0.4) is 0 Å². The molecule has 8 heteroatoms. The van der Waals surface area contributed by atoms with Gasteiger partial charge in [0, 0.05) is 30.3 Å². The number of hydrogen-bond donors (Lipinski definition) is 2. The molecule has 1 aromatic rings. The molecule has 1 aromatic carbocycles. The number of benzene rings is 1.